The van der Waals surface area contributed by atoms with Gasteiger partial charge < -0.3 is 14.2 Å². The molecular formula is C11H25NO3S. The zero-order chi connectivity index (χ0) is 12.8. The number of hydrogen-bond donors (Lipinski definition) is 1. The molecule has 1 aliphatic heterocycles. The molecular weight excluding hydrogens is 226 g/mol. The highest BCUT2D eigenvalue weighted by Crippen LogP contribution is 2.02. The molecule has 5 heteroatoms. The van der Waals surface area contributed by atoms with Crippen LogP contribution in [0.25, 0.3) is 0 Å². The molecule has 0 saturated carbocycles. The number of carbonyl (C=O) groups excluding carboxylic acids is 1. The van der Waals surface area contributed by atoms with Crippen molar-refractivity contribution >= 4 is 18.0 Å². The van der Waals surface area contributed by atoms with Gasteiger partial charge in [0.25, 0.3) is 0 Å². The Labute approximate surface area is 104 Å². The fraction of sp³-hybridized carbons (Fsp3) is 0.909. The number of hydrogen-bond acceptors (Lipinski definition) is 5. The zero-order valence-electron chi connectivity index (χ0n) is 10.9. The molecule has 0 bridgehead atoms. The van der Waals surface area contributed by atoms with E-state index in [1.54, 1.807) is 6.26 Å². The average molecular weight is 251 g/mol. The van der Waals surface area contributed by atoms with Gasteiger partial charge in [0.1, 0.15) is 0 Å². The second-order valence-corrected chi connectivity index (χ2v) is 3.61. The van der Waals surface area contributed by atoms with Crippen LogP contribution in [0.4, 0.5) is 0 Å². The number of nitrogens with zero attached hydrogens (tertiary/aromatic N) is 1. The van der Waals surface area contributed by atoms with Gasteiger partial charge in [0.05, 0.1) is 25.1 Å². The summed E-state index contributed by atoms with van der Waals surface area (Å²) in [7, 11) is 2.17. The van der Waals surface area contributed by atoms with E-state index < -0.39 is 0 Å². The van der Waals surface area contributed by atoms with Crippen LogP contribution in [0.15, 0.2) is 0 Å². The van der Waals surface area contributed by atoms with E-state index in [0.29, 0.717) is 0 Å². The van der Waals surface area contributed by atoms with Gasteiger partial charge in [-0.25, -0.2) is 0 Å². The molecule has 0 amide bonds. The van der Waals surface area contributed by atoms with Gasteiger partial charge >= 0.3 is 5.97 Å². The highest BCUT2D eigenvalue weighted by atomic mass is 32.2. The summed E-state index contributed by atoms with van der Waals surface area (Å²) in [6.45, 7) is 6.50. The molecule has 1 N–H and O–H groups in total. The fourth-order valence-electron chi connectivity index (χ4n) is 1.10. The molecule has 0 aromatic rings. The maximum atomic E-state index is 10.2. The summed E-state index contributed by atoms with van der Waals surface area (Å²) in [6, 6.07) is 0. The Bertz CT molecular complexity index is 142. The quantitative estimate of drug-likeness (QED) is 0.777. The van der Waals surface area contributed by atoms with Crippen molar-refractivity contribution in [2.75, 3.05) is 33.0 Å². The van der Waals surface area contributed by atoms with Gasteiger partial charge in [-0.1, -0.05) is 13.8 Å². The van der Waals surface area contributed by atoms with Gasteiger partial charge in [-0.05, 0) is 33.0 Å². The van der Waals surface area contributed by atoms with E-state index in [9.17, 15) is 4.79 Å². The third-order valence-electron chi connectivity index (χ3n) is 1.82. The molecule has 16 heavy (non-hydrogen) atoms. The molecule has 1 rings (SSSR count). The number of likely N-dealkylation sites (tertiary alicyclic amines) is 1. The molecule has 0 atom stereocenters. The van der Waals surface area contributed by atoms with E-state index in [0.717, 1.165) is 12.0 Å². The van der Waals surface area contributed by atoms with Crippen LogP contribution in [0, 0.1) is 0 Å². The van der Waals surface area contributed by atoms with E-state index in [1.807, 2.05) is 13.8 Å². The predicted octanol–water partition coefficient (Wildman–Crippen LogP) is 1.93. The van der Waals surface area contributed by atoms with Gasteiger partial charge in [0.15, 0.2) is 0 Å². The maximum Gasteiger partial charge on any atom is 0.320 e. The molecule has 0 aromatic heterocycles. The van der Waals surface area contributed by atoms with Gasteiger partial charge in [0.2, 0.25) is 0 Å². The van der Waals surface area contributed by atoms with E-state index in [4.69, 9.17) is 5.11 Å². The topological polar surface area (TPSA) is 49.8 Å². The summed E-state index contributed by atoms with van der Waals surface area (Å²) in [5, 5.41) is 8.15. The van der Waals surface area contributed by atoms with Crippen molar-refractivity contribution in [3.8, 4) is 0 Å². The highest BCUT2D eigenvalue weighted by molar-refractivity contribution is 7.94. The Kier molecular flexibility index (Phi) is 16.7. The number of aliphatic hydroxyl groups is 1. The third kappa shape index (κ3) is 13.7. The summed E-state index contributed by atoms with van der Waals surface area (Å²) in [5.41, 5.74) is 0. The standard InChI is InChI=1S/C5H11N.C4H8O3S.C2H6/c1-6-4-2-3-5-6;1-8-7-4(6)2-3-5;1-2/h2-5H2,1H3;5H,2-3H2,1H3;1-2H3. The molecule has 4 nitrogen and oxygen atoms in total. The second-order valence-electron chi connectivity index (χ2n) is 3.11. The Morgan fingerprint density at radius 2 is 1.88 bits per heavy atom. The minimum absolute atomic E-state index is 0.0842. The van der Waals surface area contributed by atoms with Crippen molar-refractivity contribution in [3.05, 3.63) is 0 Å². The smallest absolute Gasteiger partial charge is 0.320 e. The Morgan fingerprint density at radius 3 is 2.12 bits per heavy atom. The number of aliphatic hydroxyl groups excluding tert-OH is 1. The van der Waals surface area contributed by atoms with Crippen molar-refractivity contribution in [1.82, 2.24) is 4.90 Å². The first-order chi connectivity index (χ1) is 7.70. The fourth-order valence-corrected chi connectivity index (χ4v) is 1.37. The molecule has 1 saturated heterocycles. The third-order valence-corrected chi connectivity index (χ3v) is 2.17. The van der Waals surface area contributed by atoms with Crippen LogP contribution < -0.4 is 0 Å². The number of carbonyl (C=O) groups is 1. The molecule has 0 unspecified atom stereocenters. The first kappa shape index (κ1) is 18.1. The molecule has 98 valence electrons. The lowest BCUT2D eigenvalue weighted by atomic mass is 10.4. The lowest BCUT2D eigenvalue weighted by molar-refractivity contribution is -0.133. The predicted molar refractivity (Wildman–Crippen MR) is 69.4 cm³/mol. The van der Waals surface area contributed by atoms with E-state index in [2.05, 4.69) is 16.1 Å². The summed E-state index contributed by atoms with van der Waals surface area (Å²) in [4.78, 5) is 12.6. The van der Waals surface area contributed by atoms with Gasteiger partial charge in [0, 0.05) is 6.26 Å². The average Bonchev–Trinajstić information content (AvgIpc) is 2.74. The van der Waals surface area contributed by atoms with Crippen LogP contribution in [0.3, 0.4) is 0 Å². The molecule has 1 aliphatic rings. The Hall–Kier alpha value is -0.260. The minimum Gasteiger partial charge on any atom is -0.396 e. The Morgan fingerprint density at radius 1 is 1.38 bits per heavy atom. The molecule has 0 aliphatic carbocycles. The molecule has 1 fully saturated rings. The SMILES string of the molecule is CC.CN1CCCC1.CSOC(=O)CCO. The largest absolute Gasteiger partial charge is 0.396 e. The van der Waals surface area contributed by atoms with E-state index in [1.165, 1.54) is 25.9 Å². The van der Waals surface area contributed by atoms with Gasteiger partial charge in [-0.2, -0.15) is 0 Å². The van der Waals surface area contributed by atoms with Crippen molar-refractivity contribution in [2.24, 2.45) is 0 Å². The van der Waals surface area contributed by atoms with Crippen LogP contribution in [-0.2, 0) is 8.98 Å². The van der Waals surface area contributed by atoms with Crippen LogP contribution in [0.5, 0.6) is 0 Å². The van der Waals surface area contributed by atoms with Gasteiger partial charge in [-0.3, -0.25) is 4.79 Å². The summed E-state index contributed by atoms with van der Waals surface area (Å²) < 4.78 is 4.40. The van der Waals surface area contributed by atoms with Crippen LogP contribution >= 0.6 is 12.0 Å². The van der Waals surface area contributed by atoms with Crippen molar-refractivity contribution in [2.45, 2.75) is 33.1 Å². The lowest BCUT2D eigenvalue weighted by Crippen LogP contribution is -2.10. The lowest BCUT2D eigenvalue weighted by Gasteiger charge is -2.01. The van der Waals surface area contributed by atoms with Crippen molar-refractivity contribution in [1.29, 1.82) is 0 Å². The van der Waals surface area contributed by atoms with E-state index >= 15 is 0 Å². The first-order valence-corrected chi connectivity index (χ1v) is 6.88. The molecule has 1 heterocycles. The van der Waals surface area contributed by atoms with E-state index in [-0.39, 0.29) is 19.0 Å². The molecule has 0 radical (unpaired) electrons. The summed E-state index contributed by atoms with van der Waals surface area (Å²) in [6.07, 6.45) is 4.56. The highest BCUT2D eigenvalue weighted by Gasteiger charge is 2.03. The monoisotopic (exact) mass is 251 g/mol. The van der Waals surface area contributed by atoms with Crippen molar-refractivity contribution < 1.29 is 14.1 Å². The van der Waals surface area contributed by atoms with Crippen LogP contribution in [0.1, 0.15) is 33.1 Å². The van der Waals surface area contributed by atoms with Crippen LogP contribution in [0.2, 0.25) is 0 Å². The second kappa shape index (κ2) is 14.7. The molecule has 0 spiro atoms. The first-order valence-electron chi connectivity index (χ1n) is 5.73. The van der Waals surface area contributed by atoms with Gasteiger partial charge in [-0.15, -0.1) is 0 Å². The zero-order valence-corrected chi connectivity index (χ0v) is 11.7. The summed E-state index contributed by atoms with van der Waals surface area (Å²) >= 11 is 0.989. The van der Waals surface area contributed by atoms with Crippen molar-refractivity contribution in [3.63, 3.8) is 0 Å². The summed E-state index contributed by atoms with van der Waals surface area (Å²) in [5.74, 6) is -0.375. The molecule has 0 aromatic carbocycles. The maximum absolute atomic E-state index is 10.2. The minimum atomic E-state index is -0.375. The normalized spacial score (nSPS) is 14.3. The van der Waals surface area contributed by atoms with Crippen LogP contribution in [-0.4, -0.2) is 49.0 Å². The number of rotatable bonds is 3. The Balaban J connectivity index is 0.